The number of carbonyl (C=O) groups excluding carboxylic acids is 1. The molecule has 1 saturated heterocycles. The lowest BCUT2D eigenvalue weighted by Crippen LogP contribution is -2.64. The van der Waals surface area contributed by atoms with Gasteiger partial charge in [0, 0.05) is 12.0 Å². The molecule has 2 aliphatic rings. The number of hydrogen-bond donors (Lipinski definition) is 1. The second-order valence-corrected chi connectivity index (χ2v) is 6.43. The first-order valence-electron chi connectivity index (χ1n) is 8.09. The number of carbonyl (C=O) groups is 1. The van der Waals surface area contributed by atoms with Crippen LogP contribution in [0.4, 0.5) is 4.79 Å². The van der Waals surface area contributed by atoms with Crippen LogP contribution in [-0.2, 0) is 6.54 Å². The van der Waals surface area contributed by atoms with Gasteiger partial charge in [-0.25, -0.2) is 4.79 Å². The zero-order valence-corrected chi connectivity index (χ0v) is 13.8. The van der Waals surface area contributed by atoms with E-state index in [-0.39, 0.29) is 12.1 Å². The number of urea groups is 1. The quantitative estimate of drug-likeness (QED) is 0.940. The first-order valence-corrected chi connectivity index (χ1v) is 8.09. The van der Waals surface area contributed by atoms with E-state index < -0.39 is 5.72 Å². The Morgan fingerprint density at radius 2 is 2.04 bits per heavy atom. The second-order valence-electron chi connectivity index (χ2n) is 6.43. The monoisotopic (exact) mass is 324 g/mol. The molecule has 0 aliphatic carbocycles. The van der Waals surface area contributed by atoms with Gasteiger partial charge in [-0.3, -0.25) is 4.90 Å². The molecule has 0 radical (unpaired) electrons. The second kappa shape index (κ2) is 5.44. The average molecular weight is 324 g/mol. The van der Waals surface area contributed by atoms with Crippen LogP contribution in [0.3, 0.4) is 0 Å². The maximum atomic E-state index is 12.7. The Morgan fingerprint density at radius 3 is 2.79 bits per heavy atom. The van der Waals surface area contributed by atoms with Gasteiger partial charge in [0.1, 0.15) is 0 Å². The van der Waals surface area contributed by atoms with Crippen LogP contribution in [0, 0.1) is 0 Å². The number of nitrogens with one attached hydrogen (secondary N) is 1. The Kier molecular flexibility index (Phi) is 3.37. The number of benzene rings is 2. The minimum atomic E-state index is -0.704. The van der Waals surface area contributed by atoms with Crippen molar-refractivity contribution in [3.63, 3.8) is 0 Å². The van der Waals surface area contributed by atoms with Crippen LogP contribution < -0.4 is 14.8 Å². The van der Waals surface area contributed by atoms with Gasteiger partial charge in [-0.15, -0.1) is 0 Å². The highest BCUT2D eigenvalue weighted by atomic mass is 16.5. The van der Waals surface area contributed by atoms with Gasteiger partial charge < -0.3 is 14.8 Å². The molecule has 4 rings (SSSR count). The van der Waals surface area contributed by atoms with Crippen LogP contribution in [0.1, 0.15) is 30.5 Å². The lowest BCUT2D eigenvalue weighted by molar-refractivity contribution is -0.0891. The van der Waals surface area contributed by atoms with Crippen molar-refractivity contribution in [2.75, 3.05) is 7.11 Å². The zero-order valence-electron chi connectivity index (χ0n) is 13.8. The smallest absolute Gasteiger partial charge is 0.321 e. The fraction of sp³-hybridized carbons (Fsp3) is 0.316. The molecule has 24 heavy (non-hydrogen) atoms. The molecule has 2 aliphatic heterocycles. The molecule has 2 atom stereocenters. The maximum absolute atomic E-state index is 12.7. The predicted molar refractivity (Wildman–Crippen MR) is 89.9 cm³/mol. The molecule has 0 spiro atoms. The van der Waals surface area contributed by atoms with Gasteiger partial charge in [-0.2, -0.15) is 0 Å². The van der Waals surface area contributed by atoms with Crippen LogP contribution in [0.25, 0.3) is 0 Å². The molecule has 0 aromatic heterocycles. The topological polar surface area (TPSA) is 50.8 Å². The number of hydrogen-bond acceptors (Lipinski definition) is 3. The van der Waals surface area contributed by atoms with Gasteiger partial charge >= 0.3 is 6.03 Å². The van der Waals surface area contributed by atoms with Crippen molar-refractivity contribution in [3.05, 3.63) is 59.7 Å². The number of methoxy groups -OCH3 is 1. The summed E-state index contributed by atoms with van der Waals surface area (Å²) in [6, 6.07) is 15.6. The van der Waals surface area contributed by atoms with Gasteiger partial charge in [-0.1, -0.05) is 42.5 Å². The maximum Gasteiger partial charge on any atom is 0.321 e. The SMILES string of the molecule is COc1cccc2c1O[C@]1(C)C[C@H]2NC(=O)N1Cc1ccccc1. The van der Waals surface area contributed by atoms with Crippen molar-refractivity contribution in [2.45, 2.75) is 31.7 Å². The van der Waals surface area contributed by atoms with Gasteiger partial charge in [0.25, 0.3) is 0 Å². The lowest BCUT2D eigenvalue weighted by Gasteiger charge is -2.50. The molecule has 0 saturated carbocycles. The van der Waals surface area contributed by atoms with E-state index in [1.54, 1.807) is 12.0 Å². The molecule has 124 valence electrons. The molecule has 1 N–H and O–H groups in total. The highest BCUT2D eigenvalue weighted by Crippen LogP contribution is 2.48. The molecular formula is C19H20N2O3. The first kappa shape index (κ1) is 14.9. The third-order valence-corrected chi connectivity index (χ3v) is 4.81. The fourth-order valence-electron chi connectivity index (χ4n) is 3.57. The van der Waals surface area contributed by atoms with Crippen LogP contribution in [-0.4, -0.2) is 23.8 Å². The predicted octanol–water partition coefficient (Wildman–Crippen LogP) is 3.46. The number of nitrogens with zero attached hydrogens (tertiary/aromatic N) is 1. The first-order chi connectivity index (χ1) is 11.6. The third-order valence-electron chi connectivity index (χ3n) is 4.81. The molecule has 2 heterocycles. The fourth-order valence-corrected chi connectivity index (χ4v) is 3.57. The number of rotatable bonds is 3. The van der Waals surface area contributed by atoms with Crippen LogP contribution in [0.5, 0.6) is 11.5 Å². The van der Waals surface area contributed by atoms with Crippen molar-refractivity contribution >= 4 is 6.03 Å². The summed E-state index contributed by atoms with van der Waals surface area (Å²) in [5, 5.41) is 3.10. The Morgan fingerprint density at radius 1 is 1.25 bits per heavy atom. The molecule has 1 fully saturated rings. The summed E-state index contributed by atoms with van der Waals surface area (Å²) >= 11 is 0. The van der Waals surface area contributed by atoms with Gasteiger partial charge in [0.15, 0.2) is 17.2 Å². The summed E-state index contributed by atoms with van der Waals surface area (Å²) in [7, 11) is 1.63. The van der Waals surface area contributed by atoms with Crippen molar-refractivity contribution in [1.29, 1.82) is 0 Å². The van der Waals surface area contributed by atoms with E-state index >= 15 is 0 Å². The number of amides is 2. The highest BCUT2D eigenvalue weighted by Gasteiger charge is 2.49. The summed E-state index contributed by atoms with van der Waals surface area (Å²) in [6.45, 7) is 2.47. The molecule has 2 amide bonds. The van der Waals surface area contributed by atoms with Gasteiger partial charge in [0.2, 0.25) is 0 Å². The molecule has 2 bridgehead atoms. The van der Waals surface area contributed by atoms with Crippen molar-refractivity contribution < 1.29 is 14.3 Å². The van der Waals surface area contributed by atoms with Crippen LogP contribution in [0.2, 0.25) is 0 Å². The van der Waals surface area contributed by atoms with E-state index in [0.29, 0.717) is 18.7 Å². The van der Waals surface area contributed by atoms with Gasteiger partial charge in [-0.05, 0) is 18.6 Å². The van der Waals surface area contributed by atoms with E-state index in [2.05, 4.69) is 5.32 Å². The molecular weight excluding hydrogens is 304 g/mol. The number of ether oxygens (including phenoxy) is 2. The van der Waals surface area contributed by atoms with Crippen molar-refractivity contribution in [2.24, 2.45) is 0 Å². The third kappa shape index (κ3) is 2.28. The summed E-state index contributed by atoms with van der Waals surface area (Å²) in [5.41, 5.74) is 1.34. The molecule has 2 aromatic carbocycles. The summed E-state index contributed by atoms with van der Waals surface area (Å²) in [4.78, 5) is 14.4. The molecule has 5 heteroatoms. The minimum Gasteiger partial charge on any atom is -0.493 e. The zero-order chi connectivity index (χ0) is 16.7. The van der Waals surface area contributed by atoms with Crippen molar-refractivity contribution in [3.8, 4) is 11.5 Å². The van der Waals surface area contributed by atoms with Crippen molar-refractivity contribution in [1.82, 2.24) is 10.2 Å². The summed E-state index contributed by atoms with van der Waals surface area (Å²) in [5.74, 6) is 1.41. The normalized spacial score (nSPS) is 24.7. The number of para-hydroxylation sites is 1. The standard InChI is InChI=1S/C19H20N2O3/c1-19-11-15(14-9-6-10-16(23-2)17(14)24-19)20-18(22)21(19)12-13-7-4-3-5-8-13/h3-10,15H,11-12H2,1-2H3,(H,20,22)/t15-,19-/m1/s1. The molecule has 0 unspecified atom stereocenters. The van der Waals surface area contributed by atoms with Crippen LogP contribution in [0.15, 0.2) is 48.5 Å². The highest BCUT2D eigenvalue weighted by molar-refractivity contribution is 5.77. The van der Waals surface area contributed by atoms with E-state index in [9.17, 15) is 4.79 Å². The van der Waals surface area contributed by atoms with E-state index in [1.807, 2.05) is 55.5 Å². The lowest BCUT2D eigenvalue weighted by atomic mass is 9.90. The Labute approximate surface area is 141 Å². The molecule has 2 aromatic rings. The number of fused-ring (bicyclic) bond motifs is 4. The molecule has 5 nitrogen and oxygen atoms in total. The average Bonchev–Trinajstić information content (AvgIpc) is 2.59. The van der Waals surface area contributed by atoms with Crippen LogP contribution >= 0.6 is 0 Å². The Hall–Kier alpha value is -2.69. The van der Waals surface area contributed by atoms with E-state index in [1.165, 1.54) is 0 Å². The van der Waals surface area contributed by atoms with E-state index in [4.69, 9.17) is 9.47 Å². The largest absolute Gasteiger partial charge is 0.493 e. The Balaban J connectivity index is 1.72. The van der Waals surface area contributed by atoms with Gasteiger partial charge in [0.05, 0.1) is 19.7 Å². The summed E-state index contributed by atoms with van der Waals surface area (Å²) in [6.07, 6.45) is 0.700. The summed E-state index contributed by atoms with van der Waals surface area (Å²) < 4.78 is 11.8. The van der Waals surface area contributed by atoms with E-state index in [0.717, 1.165) is 16.9 Å². The Bertz CT molecular complexity index is 777. The minimum absolute atomic E-state index is 0.0617.